The molecule has 0 atom stereocenters. The van der Waals surface area contributed by atoms with Crippen molar-refractivity contribution in [2.45, 2.75) is 38.1 Å². The van der Waals surface area contributed by atoms with E-state index in [1.165, 1.54) is 6.42 Å². The maximum atomic E-state index is 12.8. The van der Waals surface area contributed by atoms with E-state index in [2.05, 4.69) is 11.4 Å². The highest BCUT2D eigenvalue weighted by molar-refractivity contribution is 6.02. The van der Waals surface area contributed by atoms with E-state index in [4.69, 9.17) is 9.84 Å². The molecule has 162 valence electrons. The molecule has 0 spiro atoms. The molecule has 3 aromatic rings. The number of nitriles is 1. The van der Waals surface area contributed by atoms with Gasteiger partial charge in [-0.25, -0.2) is 4.68 Å². The van der Waals surface area contributed by atoms with Crippen LogP contribution in [0.3, 0.4) is 0 Å². The van der Waals surface area contributed by atoms with Crippen molar-refractivity contribution in [3.05, 3.63) is 71.9 Å². The van der Waals surface area contributed by atoms with Crippen LogP contribution in [0.4, 0.5) is 0 Å². The average molecular weight is 427 g/mol. The van der Waals surface area contributed by atoms with Crippen molar-refractivity contribution in [3.8, 4) is 28.8 Å². The number of hydrogen-bond acceptors (Lipinski definition) is 4. The average Bonchev–Trinajstić information content (AvgIpc) is 3.27. The standard InChI is InChI=1S/C26H26N4O2/c1-32-24-14-8-9-19(16-24)25-21(18-30(29-25)23-12-6-3-7-13-23)15-20(17-27)26(31)28-22-10-4-2-5-11-22/h3,6-9,12-16,18,22H,2,4-5,10-11H2,1H3,(H,28,31). The summed E-state index contributed by atoms with van der Waals surface area (Å²) in [5.74, 6) is 0.380. The Kier molecular flexibility index (Phi) is 6.66. The van der Waals surface area contributed by atoms with Crippen LogP contribution in [0.5, 0.6) is 5.75 Å². The van der Waals surface area contributed by atoms with Crippen LogP contribution in [0.2, 0.25) is 0 Å². The fraction of sp³-hybridized carbons (Fsp3) is 0.269. The molecule has 1 amide bonds. The van der Waals surface area contributed by atoms with Gasteiger partial charge in [-0.15, -0.1) is 0 Å². The summed E-state index contributed by atoms with van der Waals surface area (Å²) >= 11 is 0. The number of hydrogen-bond donors (Lipinski definition) is 1. The van der Waals surface area contributed by atoms with Crippen LogP contribution in [0.25, 0.3) is 23.0 Å². The third kappa shape index (κ3) is 4.89. The zero-order chi connectivity index (χ0) is 22.3. The smallest absolute Gasteiger partial charge is 0.262 e. The molecule has 1 N–H and O–H groups in total. The summed E-state index contributed by atoms with van der Waals surface area (Å²) in [4.78, 5) is 12.8. The molecule has 2 aromatic carbocycles. The normalized spacial score (nSPS) is 14.6. The highest BCUT2D eigenvalue weighted by atomic mass is 16.5. The maximum Gasteiger partial charge on any atom is 0.262 e. The molecule has 1 fully saturated rings. The van der Waals surface area contributed by atoms with Gasteiger partial charge in [0.1, 0.15) is 23.1 Å². The quantitative estimate of drug-likeness (QED) is 0.449. The first-order valence-corrected chi connectivity index (χ1v) is 10.9. The zero-order valence-corrected chi connectivity index (χ0v) is 18.1. The number of nitrogens with zero attached hydrogens (tertiary/aromatic N) is 3. The summed E-state index contributed by atoms with van der Waals surface area (Å²) < 4.78 is 7.12. The summed E-state index contributed by atoms with van der Waals surface area (Å²) in [6, 6.07) is 19.5. The van der Waals surface area contributed by atoms with E-state index in [0.29, 0.717) is 17.0 Å². The van der Waals surface area contributed by atoms with Gasteiger partial charge >= 0.3 is 0 Å². The van der Waals surface area contributed by atoms with Gasteiger partial charge < -0.3 is 10.1 Å². The number of rotatable bonds is 6. The first-order chi connectivity index (χ1) is 15.7. The summed E-state index contributed by atoms with van der Waals surface area (Å²) in [7, 11) is 1.62. The minimum Gasteiger partial charge on any atom is -0.497 e. The number of aromatic nitrogens is 2. The lowest BCUT2D eigenvalue weighted by molar-refractivity contribution is -0.117. The van der Waals surface area contributed by atoms with E-state index in [1.54, 1.807) is 17.9 Å². The van der Waals surface area contributed by atoms with Crippen LogP contribution >= 0.6 is 0 Å². The molecule has 0 unspecified atom stereocenters. The fourth-order valence-electron chi connectivity index (χ4n) is 4.01. The second-order valence-corrected chi connectivity index (χ2v) is 7.92. The second kappa shape index (κ2) is 9.97. The predicted molar refractivity (Wildman–Crippen MR) is 124 cm³/mol. The summed E-state index contributed by atoms with van der Waals surface area (Å²) in [6.45, 7) is 0. The maximum absolute atomic E-state index is 12.8. The molecular weight excluding hydrogens is 400 g/mol. The van der Waals surface area contributed by atoms with E-state index in [-0.39, 0.29) is 17.5 Å². The SMILES string of the molecule is COc1cccc(-c2nn(-c3ccccc3)cc2C=C(C#N)C(=O)NC2CCCCC2)c1. The van der Waals surface area contributed by atoms with Gasteiger partial charge in [-0.3, -0.25) is 4.79 Å². The molecule has 6 nitrogen and oxygen atoms in total. The molecule has 0 radical (unpaired) electrons. The molecule has 1 aliphatic carbocycles. The zero-order valence-electron chi connectivity index (χ0n) is 18.1. The Morgan fingerprint density at radius 2 is 1.94 bits per heavy atom. The Labute approximate surface area is 188 Å². The van der Waals surface area contributed by atoms with Crippen LogP contribution in [-0.4, -0.2) is 28.8 Å². The second-order valence-electron chi connectivity index (χ2n) is 7.92. The largest absolute Gasteiger partial charge is 0.497 e. The topological polar surface area (TPSA) is 79.9 Å². The Morgan fingerprint density at radius 3 is 2.66 bits per heavy atom. The lowest BCUT2D eigenvalue weighted by Crippen LogP contribution is -2.36. The molecular formula is C26H26N4O2. The molecule has 1 aliphatic rings. The molecule has 1 saturated carbocycles. The number of amides is 1. The van der Waals surface area contributed by atoms with Crippen molar-refractivity contribution >= 4 is 12.0 Å². The molecule has 0 saturated heterocycles. The predicted octanol–water partition coefficient (Wildman–Crippen LogP) is 4.90. The Hall–Kier alpha value is -3.85. The van der Waals surface area contributed by atoms with E-state index >= 15 is 0 Å². The number of carbonyl (C=O) groups excluding carboxylic acids is 1. The van der Waals surface area contributed by atoms with E-state index in [0.717, 1.165) is 36.9 Å². The summed E-state index contributed by atoms with van der Waals surface area (Å²) in [6.07, 6.45) is 8.82. The van der Waals surface area contributed by atoms with Crippen molar-refractivity contribution in [2.24, 2.45) is 0 Å². The lowest BCUT2D eigenvalue weighted by Gasteiger charge is -2.22. The number of nitrogens with one attached hydrogen (secondary N) is 1. The Morgan fingerprint density at radius 1 is 1.16 bits per heavy atom. The first kappa shape index (κ1) is 21.4. The Bertz CT molecular complexity index is 1150. The van der Waals surface area contributed by atoms with Crippen LogP contribution in [0, 0.1) is 11.3 Å². The molecule has 4 rings (SSSR count). The third-order valence-corrected chi connectivity index (χ3v) is 5.71. The molecule has 6 heteroatoms. The van der Waals surface area contributed by atoms with Gasteiger partial charge in [-0.1, -0.05) is 49.6 Å². The van der Waals surface area contributed by atoms with E-state index < -0.39 is 0 Å². The number of carbonyl (C=O) groups is 1. The van der Waals surface area contributed by atoms with Gasteiger partial charge in [0.2, 0.25) is 0 Å². The molecule has 32 heavy (non-hydrogen) atoms. The minimum absolute atomic E-state index is 0.0762. The summed E-state index contributed by atoms with van der Waals surface area (Å²) in [5, 5.41) is 17.5. The monoisotopic (exact) mass is 426 g/mol. The van der Waals surface area contributed by atoms with E-state index in [1.807, 2.05) is 60.8 Å². The van der Waals surface area contributed by atoms with Gasteiger partial charge in [0.05, 0.1) is 12.8 Å². The molecule has 0 aliphatic heterocycles. The van der Waals surface area contributed by atoms with Gasteiger partial charge in [0.25, 0.3) is 5.91 Å². The molecule has 1 aromatic heterocycles. The number of para-hydroxylation sites is 1. The van der Waals surface area contributed by atoms with Crippen LogP contribution < -0.4 is 10.1 Å². The highest BCUT2D eigenvalue weighted by Gasteiger charge is 2.19. The number of ether oxygens (including phenoxy) is 1. The molecule has 1 heterocycles. The lowest BCUT2D eigenvalue weighted by atomic mass is 9.95. The number of benzene rings is 2. The third-order valence-electron chi connectivity index (χ3n) is 5.71. The van der Waals surface area contributed by atoms with Gasteiger partial charge in [0.15, 0.2) is 0 Å². The Balaban J connectivity index is 1.72. The van der Waals surface area contributed by atoms with Crippen molar-refractivity contribution in [2.75, 3.05) is 7.11 Å². The fourth-order valence-corrected chi connectivity index (χ4v) is 4.01. The van der Waals surface area contributed by atoms with Crippen LogP contribution in [0.15, 0.2) is 66.4 Å². The van der Waals surface area contributed by atoms with Gasteiger partial charge in [-0.2, -0.15) is 10.4 Å². The van der Waals surface area contributed by atoms with Crippen molar-refractivity contribution in [1.82, 2.24) is 15.1 Å². The number of methoxy groups -OCH3 is 1. The van der Waals surface area contributed by atoms with Gasteiger partial charge in [-0.05, 0) is 43.2 Å². The van der Waals surface area contributed by atoms with E-state index in [9.17, 15) is 10.1 Å². The molecule has 0 bridgehead atoms. The van der Waals surface area contributed by atoms with Crippen LogP contribution in [-0.2, 0) is 4.79 Å². The van der Waals surface area contributed by atoms with Crippen molar-refractivity contribution in [3.63, 3.8) is 0 Å². The van der Waals surface area contributed by atoms with Crippen molar-refractivity contribution < 1.29 is 9.53 Å². The first-order valence-electron chi connectivity index (χ1n) is 10.9. The highest BCUT2D eigenvalue weighted by Crippen LogP contribution is 2.28. The van der Waals surface area contributed by atoms with Crippen molar-refractivity contribution in [1.29, 1.82) is 5.26 Å². The summed E-state index contributed by atoms with van der Waals surface area (Å²) in [5.41, 5.74) is 3.17. The van der Waals surface area contributed by atoms with Gasteiger partial charge in [0, 0.05) is 23.4 Å². The van der Waals surface area contributed by atoms with Crippen LogP contribution in [0.1, 0.15) is 37.7 Å². The minimum atomic E-state index is -0.330.